The third kappa shape index (κ3) is 5.39. The van der Waals surface area contributed by atoms with Gasteiger partial charge < -0.3 is 15.2 Å². The van der Waals surface area contributed by atoms with Crippen LogP contribution in [0, 0.1) is 12.7 Å². The Morgan fingerprint density at radius 2 is 2.00 bits per heavy atom. The van der Waals surface area contributed by atoms with Crippen LogP contribution in [0.4, 0.5) is 9.52 Å². The molecule has 0 saturated carbocycles. The van der Waals surface area contributed by atoms with Gasteiger partial charge in [0.15, 0.2) is 16.1 Å². The second-order valence-corrected chi connectivity index (χ2v) is 8.03. The van der Waals surface area contributed by atoms with Crippen LogP contribution in [0.5, 0.6) is 0 Å². The highest BCUT2D eigenvalue weighted by Gasteiger charge is 2.19. The summed E-state index contributed by atoms with van der Waals surface area (Å²) in [6.07, 6.45) is 0. The number of rotatable bonds is 7. The molecule has 29 heavy (non-hydrogen) atoms. The summed E-state index contributed by atoms with van der Waals surface area (Å²) < 4.78 is 14.7. The molecule has 0 unspecified atom stereocenters. The zero-order valence-electron chi connectivity index (χ0n) is 16.0. The minimum absolute atomic E-state index is 0.154. The normalized spacial score (nSPS) is 11.9. The fourth-order valence-corrected chi connectivity index (χ4v) is 3.89. The molecule has 2 N–H and O–H groups in total. The van der Waals surface area contributed by atoms with Gasteiger partial charge in [-0.15, -0.1) is 21.5 Å². The Morgan fingerprint density at radius 3 is 2.66 bits per heavy atom. The van der Waals surface area contributed by atoms with E-state index < -0.39 is 11.9 Å². The zero-order chi connectivity index (χ0) is 21.0. The standard InChI is InChI=1S/C18H19FN6O2S2/c1-10-8-28-17(20-10)22-14(26)9-29-18-24-23-15(25(18)3)11(2)21-16(27)12-4-6-13(19)7-5-12/h4-8,11H,9H2,1-3H3,(H,21,27)(H,20,22,26)/t11-/m1/s1. The number of amides is 2. The molecule has 0 aliphatic carbocycles. The summed E-state index contributed by atoms with van der Waals surface area (Å²) >= 11 is 2.60. The molecule has 8 nitrogen and oxygen atoms in total. The highest BCUT2D eigenvalue weighted by Crippen LogP contribution is 2.20. The molecule has 0 aliphatic rings. The monoisotopic (exact) mass is 434 g/mol. The number of thioether (sulfide) groups is 1. The Morgan fingerprint density at radius 1 is 1.28 bits per heavy atom. The number of thiazole rings is 1. The van der Waals surface area contributed by atoms with Gasteiger partial charge >= 0.3 is 0 Å². The second-order valence-electron chi connectivity index (χ2n) is 6.23. The van der Waals surface area contributed by atoms with Crippen LogP contribution in [0.3, 0.4) is 0 Å². The topological polar surface area (TPSA) is 102 Å². The highest BCUT2D eigenvalue weighted by molar-refractivity contribution is 7.99. The van der Waals surface area contributed by atoms with Gasteiger partial charge in [-0.25, -0.2) is 9.37 Å². The van der Waals surface area contributed by atoms with Crippen molar-refractivity contribution in [1.82, 2.24) is 25.1 Å². The largest absolute Gasteiger partial charge is 0.342 e. The molecule has 0 radical (unpaired) electrons. The third-order valence-corrected chi connectivity index (χ3v) is 5.80. The van der Waals surface area contributed by atoms with Crippen LogP contribution in [0.2, 0.25) is 0 Å². The van der Waals surface area contributed by atoms with Gasteiger partial charge in [0.25, 0.3) is 5.91 Å². The zero-order valence-corrected chi connectivity index (χ0v) is 17.6. The molecule has 2 heterocycles. The van der Waals surface area contributed by atoms with E-state index in [0.29, 0.717) is 21.7 Å². The average molecular weight is 435 g/mol. The van der Waals surface area contributed by atoms with Crippen LogP contribution in [-0.2, 0) is 11.8 Å². The Labute approximate surface area is 174 Å². The number of nitrogens with zero attached hydrogens (tertiary/aromatic N) is 4. The van der Waals surface area contributed by atoms with E-state index in [1.807, 2.05) is 12.3 Å². The number of nitrogens with one attached hydrogen (secondary N) is 2. The minimum atomic E-state index is -0.425. The van der Waals surface area contributed by atoms with Gasteiger partial charge in [0.05, 0.1) is 17.5 Å². The van der Waals surface area contributed by atoms with Crippen molar-refractivity contribution in [2.45, 2.75) is 25.0 Å². The van der Waals surface area contributed by atoms with Gasteiger partial charge in [0.2, 0.25) is 5.91 Å². The molecule has 0 bridgehead atoms. The predicted octanol–water partition coefficient (Wildman–Crippen LogP) is 2.94. The molecular formula is C18H19FN6O2S2. The summed E-state index contributed by atoms with van der Waals surface area (Å²) in [7, 11) is 1.76. The first-order valence-electron chi connectivity index (χ1n) is 8.64. The molecule has 152 valence electrons. The number of carbonyl (C=O) groups is 2. The summed E-state index contributed by atoms with van der Waals surface area (Å²) in [5.74, 6) is -0.238. The summed E-state index contributed by atoms with van der Waals surface area (Å²) in [5, 5.41) is 16.7. The maximum atomic E-state index is 13.0. The molecule has 11 heteroatoms. The van der Waals surface area contributed by atoms with Crippen molar-refractivity contribution >= 4 is 40.0 Å². The highest BCUT2D eigenvalue weighted by atomic mass is 32.2. The maximum Gasteiger partial charge on any atom is 0.251 e. The number of carbonyl (C=O) groups excluding carboxylic acids is 2. The molecular weight excluding hydrogens is 415 g/mol. The summed E-state index contributed by atoms with van der Waals surface area (Å²) in [6, 6.07) is 4.87. The molecule has 3 aromatic rings. The van der Waals surface area contributed by atoms with Gasteiger partial charge in [-0.05, 0) is 38.1 Å². The van der Waals surface area contributed by atoms with E-state index in [1.165, 1.54) is 47.4 Å². The summed E-state index contributed by atoms with van der Waals surface area (Å²) in [4.78, 5) is 28.6. The molecule has 2 aromatic heterocycles. The minimum Gasteiger partial charge on any atom is -0.342 e. The first kappa shape index (κ1) is 20.9. The smallest absolute Gasteiger partial charge is 0.251 e. The number of hydrogen-bond donors (Lipinski definition) is 2. The van der Waals surface area contributed by atoms with Crippen molar-refractivity contribution in [1.29, 1.82) is 0 Å². The Hall–Kier alpha value is -2.79. The first-order chi connectivity index (χ1) is 13.8. The Bertz CT molecular complexity index is 1020. The molecule has 0 spiro atoms. The Kier molecular flexibility index (Phi) is 6.60. The second kappa shape index (κ2) is 9.14. The van der Waals surface area contributed by atoms with Crippen LogP contribution in [-0.4, -0.2) is 37.3 Å². The van der Waals surface area contributed by atoms with Crippen molar-refractivity contribution in [3.8, 4) is 0 Å². The molecule has 3 rings (SSSR count). The van der Waals surface area contributed by atoms with Gasteiger partial charge in [-0.2, -0.15) is 0 Å². The number of benzene rings is 1. The average Bonchev–Trinajstić information content (AvgIpc) is 3.25. The molecule has 1 atom stereocenters. The van der Waals surface area contributed by atoms with Gasteiger partial charge in [0.1, 0.15) is 5.82 Å². The van der Waals surface area contributed by atoms with Crippen molar-refractivity contribution in [3.05, 3.63) is 52.5 Å². The quantitative estimate of drug-likeness (QED) is 0.555. The van der Waals surface area contributed by atoms with E-state index in [9.17, 15) is 14.0 Å². The van der Waals surface area contributed by atoms with Crippen LogP contribution in [0.15, 0.2) is 34.8 Å². The van der Waals surface area contributed by atoms with Crippen LogP contribution in [0.1, 0.15) is 34.8 Å². The third-order valence-electron chi connectivity index (χ3n) is 3.91. The van der Waals surface area contributed by atoms with E-state index in [1.54, 1.807) is 18.5 Å². The molecule has 0 saturated heterocycles. The molecule has 1 aromatic carbocycles. The maximum absolute atomic E-state index is 13.0. The van der Waals surface area contributed by atoms with Crippen LogP contribution < -0.4 is 10.6 Å². The Balaban J connectivity index is 1.57. The van der Waals surface area contributed by atoms with Crippen LogP contribution >= 0.6 is 23.1 Å². The van der Waals surface area contributed by atoms with E-state index in [-0.39, 0.29) is 17.6 Å². The van der Waals surface area contributed by atoms with Crippen molar-refractivity contribution < 1.29 is 14.0 Å². The predicted molar refractivity (Wildman–Crippen MR) is 109 cm³/mol. The number of aryl methyl sites for hydroxylation is 1. The van der Waals surface area contributed by atoms with Gasteiger partial charge in [-0.1, -0.05) is 11.8 Å². The number of anilines is 1. The number of halogens is 1. The lowest BCUT2D eigenvalue weighted by Gasteiger charge is -2.13. The van der Waals surface area contributed by atoms with Crippen molar-refractivity contribution in [3.63, 3.8) is 0 Å². The van der Waals surface area contributed by atoms with E-state index in [0.717, 1.165) is 5.69 Å². The lowest BCUT2D eigenvalue weighted by molar-refractivity contribution is -0.113. The van der Waals surface area contributed by atoms with Crippen molar-refractivity contribution in [2.24, 2.45) is 7.05 Å². The fraction of sp³-hybridized carbons (Fsp3) is 0.278. The lowest BCUT2D eigenvalue weighted by atomic mass is 10.2. The van der Waals surface area contributed by atoms with Crippen LogP contribution in [0.25, 0.3) is 0 Å². The summed E-state index contributed by atoms with van der Waals surface area (Å²) in [6.45, 7) is 3.63. The van der Waals surface area contributed by atoms with Gasteiger partial charge in [0, 0.05) is 18.0 Å². The van der Waals surface area contributed by atoms with E-state index in [4.69, 9.17) is 0 Å². The fourth-order valence-electron chi connectivity index (χ4n) is 2.47. The summed E-state index contributed by atoms with van der Waals surface area (Å²) in [5.41, 5.74) is 1.21. The van der Waals surface area contributed by atoms with Crippen molar-refractivity contribution in [2.75, 3.05) is 11.1 Å². The number of hydrogen-bond acceptors (Lipinski definition) is 7. The molecule has 0 fully saturated rings. The van der Waals surface area contributed by atoms with E-state index in [2.05, 4.69) is 25.8 Å². The molecule has 2 amide bonds. The number of aromatic nitrogens is 4. The van der Waals surface area contributed by atoms with Gasteiger partial charge in [-0.3, -0.25) is 9.59 Å². The lowest BCUT2D eigenvalue weighted by Crippen LogP contribution is -2.28. The van der Waals surface area contributed by atoms with E-state index >= 15 is 0 Å². The molecule has 0 aliphatic heterocycles. The first-order valence-corrected chi connectivity index (χ1v) is 10.5. The SMILES string of the molecule is Cc1csc(NC(=O)CSc2nnc([C@@H](C)NC(=O)c3ccc(F)cc3)n2C)n1.